The molecule has 1 aromatic heterocycles. The summed E-state index contributed by atoms with van der Waals surface area (Å²) in [7, 11) is 0. The standard InChI is InChI=1S/C26H24FNO4/c1-2-16-6-7-20(13-25(29)30)23(11-16)31-15-18-9-21-12-24(27)32-26(21)22(10-18)19-5-3-4-17(8-19)14-28/h3-12H,2,13-15,28H2,1H3,(H,29,30). The molecule has 0 bridgehead atoms. The summed E-state index contributed by atoms with van der Waals surface area (Å²) in [6.45, 7) is 2.62. The van der Waals surface area contributed by atoms with E-state index in [0.717, 1.165) is 34.2 Å². The number of carbonyl (C=O) groups is 1. The zero-order valence-corrected chi connectivity index (χ0v) is 17.7. The Hall–Kier alpha value is -3.64. The molecule has 0 aliphatic carbocycles. The number of nitrogens with two attached hydrogens (primary N) is 1. The lowest BCUT2D eigenvalue weighted by Gasteiger charge is -2.13. The van der Waals surface area contributed by atoms with E-state index in [1.165, 1.54) is 6.07 Å². The maximum atomic E-state index is 13.9. The smallest absolute Gasteiger partial charge is 0.307 e. The number of carboxylic acid groups (broad SMARTS) is 1. The second-order valence-corrected chi connectivity index (χ2v) is 7.67. The molecule has 0 spiro atoms. The Morgan fingerprint density at radius 1 is 1.06 bits per heavy atom. The van der Waals surface area contributed by atoms with Gasteiger partial charge in [0.2, 0.25) is 0 Å². The Morgan fingerprint density at radius 2 is 1.91 bits per heavy atom. The molecular formula is C26H24FNO4. The topological polar surface area (TPSA) is 85.7 Å². The third-order valence-corrected chi connectivity index (χ3v) is 5.40. The number of benzene rings is 3. The monoisotopic (exact) mass is 433 g/mol. The molecule has 0 unspecified atom stereocenters. The van der Waals surface area contributed by atoms with E-state index < -0.39 is 12.0 Å². The highest BCUT2D eigenvalue weighted by Crippen LogP contribution is 2.33. The summed E-state index contributed by atoms with van der Waals surface area (Å²) in [5.41, 5.74) is 11.3. The van der Waals surface area contributed by atoms with Crippen LogP contribution < -0.4 is 10.5 Å². The highest BCUT2D eigenvalue weighted by Gasteiger charge is 2.14. The Morgan fingerprint density at radius 3 is 2.66 bits per heavy atom. The molecule has 6 heteroatoms. The van der Waals surface area contributed by atoms with Gasteiger partial charge in [-0.1, -0.05) is 37.3 Å². The second kappa shape index (κ2) is 9.24. The van der Waals surface area contributed by atoms with Crippen LogP contribution in [-0.2, 0) is 30.8 Å². The van der Waals surface area contributed by atoms with Gasteiger partial charge in [0.25, 0.3) is 6.01 Å². The number of rotatable bonds is 8. The molecule has 4 rings (SSSR count). The van der Waals surface area contributed by atoms with Crippen molar-refractivity contribution in [3.05, 3.63) is 88.9 Å². The van der Waals surface area contributed by atoms with Gasteiger partial charge in [-0.15, -0.1) is 0 Å². The molecule has 4 aromatic rings. The molecule has 1 heterocycles. The Labute approximate surface area is 185 Å². The van der Waals surface area contributed by atoms with Crippen LogP contribution in [0.1, 0.15) is 29.2 Å². The Kier molecular flexibility index (Phi) is 6.23. The number of aliphatic carboxylic acids is 1. The van der Waals surface area contributed by atoms with Gasteiger partial charge in [-0.2, -0.15) is 4.39 Å². The highest BCUT2D eigenvalue weighted by molar-refractivity contribution is 5.93. The number of ether oxygens (including phenoxy) is 1. The van der Waals surface area contributed by atoms with Crippen LogP contribution in [0, 0.1) is 6.01 Å². The van der Waals surface area contributed by atoms with Crippen molar-refractivity contribution < 1.29 is 23.4 Å². The van der Waals surface area contributed by atoms with Crippen molar-refractivity contribution in [1.29, 1.82) is 0 Å². The minimum atomic E-state index is -0.920. The lowest BCUT2D eigenvalue weighted by atomic mass is 9.99. The normalized spacial score (nSPS) is 11.1. The predicted molar refractivity (Wildman–Crippen MR) is 121 cm³/mol. The van der Waals surface area contributed by atoms with Crippen molar-refractivity contribution in [1.82, 2.24) is 0 Å². The fourth-order valence-corrected chi connectivity index (χ4v) is 3.77. The van der Waals surface area contributed by atoms with E-state index >= 15 is 0 Å². The van der Waals surface area contributed by atoms with Crippen molar-refractivity contribution in [2.45, 2.75) is 32.9 Å². The number of carboxylic acids is 1. The van der Waals surface area contributed by atoms with Gasteiger partial charge in [-0.05, 0) is 52.9 Å². The van der Waals surface area contributed by atoms with Gasteiger partial charge < -0.3 is 20.0 Å². The van der Waals surface area contributed by atoms with E-state index in [0.29, 0.717) is 28.8 Å². The molecule has 0 fully saturated rings. The molecule has 0 saturated carbocycles. The highest BCUT2D eigenvalue weighted by atomic mass is 19.1. The van der Waals surface area contributed by atoms with Crippen molar-refractivity contribution in [2.75, 3.05) is 0 Å². The summed E-state index contributed by atoms with van der Waals surface area (Å²) < 4.78 is 25.3. The van der Waals surface area contributed by atoms with Crippen molar-refractivity contribution in [2.24, 2.45) is 5.73 Å². The summed E-state index contributed by atoms with van der Waals surface area (Å²) in [5, 5.41) is 9.85. The summed E-state index contributed by atoms with van der Waals surface area (Å²) in [6, 6.07) is 17.7. The molecule has 0 aliphatic heterocycles. The molecule has 0 saturated heterocycles. The predicted octanol–water partition coefficient (Wildman–Crippen LogP) is 5.47. The molecular weight excluding hydrogens is 409 g/mol. The van der Waals surface area contributed by atoms with E-state index in [1.807, 2.05) is 55.5 Å². The molecule has 3 N–H and O–H groups in total. The molecule has 0 amide bonds. The fraction of sp³-hybridized carbons (Fsp3) is 0.192. The minimum Gasteiger partial charge on any atom is -0.489 e. The third kappa shape index (κ3) is 4.65. The lowest BCUT2D eigenvalue weighted by Crippen LogP contribution is -2.05. The number of aryl methyl sites for hydroxylation is 1. The summed E-state index contributed by atoms with van der Waals surface area (Å²) in [4.78, 5) is 11.2. The molecule has 5 nitrogen and oxygen atoms in total. The first kappa shape index (κ1) is 21.6. The molecule has 3 aromatic carbocycles. The van der Waals surface area contributed by atoms with Crippen LogP contribution in [0.15, 0.2) is 65.1 Å². The SMILES string of the molecule is CCc1ccc(CC(=O)O)c(OCc2cc(-c3cccc(CN)c3)c3oc(F)cc3c2)c1. The molecule has 164 valence electrons. The zero-order valence-electron chi connectivity index (χ0n) is 17.7. The van der Waals surface area contributed by atoms with Crippen LogP contribution >= 0.6 is 0 Å². The Balaban J connectivity index is 1.71. The maximum Gasteiger partial charge on any atom is 0.307 e. The van der Waals surface area contributed by atoms with Gasteiger partial charge in [0, 0.05) is 29.1 Å². The van der Waals surface area contributed by atoms with Gasteiger partial charge in [0.15, 0.2) is 0 Å². The maximum absolute atomic E-state index is 13.9. The quantitative estimate of drug-likeness (QED) is 0.385. The average molecular weight is 433 g/mol. The van der Waals surface area contributed by atoms with Crippen molar-refractivity contribution >= 4 is 16.9 Å². The number of hydrogen-bond acceptors (Lipinski definition) is 4. The number of hydrogen-bond donors (Lipinski definition) is 2. The van der Waals surface area contributed by atoms with E-state index in [9.17, 15) is 14.3 Å². The first-order chi connectivity index (χ1) is 15.5. The lowest BCUT2D eigenvalue weighted by molar-refractivity contribution is -0.136. The van der Waals surface area contributed by atoms with Gasteiger partial charge in [-0.25, -0.2) is 0 Å². The van der Waals surface area contributed by atoms with Gasteiger partial charge >= 0.3 is 5.97 Å². The van der Waals surface area contributed by atoms with E-state index in [2.05, 4.69) is 0 Å². The average Bonchev–Trinajstić information content (AvgIpc) is 3.17. The van der Waals surface area contributed by atoms with E-state index in [-0.39, 0.29) is 13.0 Å². The van der Waals surface area contributed by atoms with Crippen LogP contribution in [0.25, 0.3) is 22.1 Å². The van der Waals surface area contributed by atoms with Crippen LogP contribution in [0.3, 0.4) is 0 Å². The van der Waals surface area contributed by atoms with Gasteiger partial charge in [0.1, 0.15) is 17.9 Å². The minimum absolute atomic E-state index is 0.123. The number of fused-ring (bicyclic) bond motifs is 1. The van der Waals surface area contributed by atoms with Crippen LogP contribution in [0.2, 0.25) is 0 Å². The molecule has 32 heavy (non-hydrogen) atoms. The number of furan rings is 1. The first-order valence-corrected chi connectivity index (χ1v) is 10.4. The first-order valence-electron chi connectivity index (χ1n) is 10.4. The van der Waals surface area contributed by atoms with E-state index in [4.69, 9.17) is 14.9 Å². The largest absolute Gasteiger partial charge is 0.489 e. The zero-order chi connectivity index (χ0) is 22.7. The van der Waals surface area contributed by atoms with Crippen molar-refractivity contribution in [3.8, 4) is 16.9 Å². The molecule has 0 aliphatic rings. The van der Waals surface area contributed by atoms with Gasteiger partial charge in [0.05, 0.1) is 6.42 Å². The van der Waals surface area contributed by atoms with E-state index in [1.54, 1.807) is 6.07 Å². The Bertz CT molecular complexity index is 1280. The van der Waals surface area contributed by atoms with Crippen molar-refractivity contribution in [3.63, 3.8) is 0 Å². The summed E-state index contributed by atoms with van der Waals surface area (Å²) in [6.07, 6.45) is 0.689. The van der Waals surface area contributed by atoms with Crippen LogP contribution in [0.5, 0.6) is 5.75 Å². The summed E-state index contributed by atoms with van der Waals surface area (Å²) >= 11 is 0. The summed E-state index contributed by atoms with van der Waals surface area (Å²) in [5.74, 6) is -0.381. The second-order valence-electron chi connectivity index (χ2n) is 7.67. The van der Waals surface area contributed by atoms with Crippen LogP contribution in [-0.4, -0.2) is 11.1 Å². The molecule has 0 atom stereocenters. The fourth-order valence-electron chi connectivity index (χ4n) is 3.77. The third-order valence-electron chi connectivity index (χ3n) is 5.40. The van der Waals surface area contributed by atoms with Crippen LogP contribution in [0.4, 0.5) is 4.39 Å². The number of halogens is 1. The van der Waals surface area contributed by atoms with Gasteiger partial charge in [-0.3, -0.25) is 4.79 Å². The molecule has 0 radical (unpaired) electrons.